The van der Waals surface area contributed by atoms with Gasteiger partial charge in [-0.05, 0) is 36.6 Å². The van der Waals surface area contributed by atoms with Gasteiger partial charge in [-0.15, -0.1) is 13.2 Å². The Labute approximate surface area is 123 Å². The summed E-state index contributed by atoms with van der Waals surface area (Å²) in [6.45, 7) is 1.48. The zero-order valence-electron chi connectivity index (χ0n) is 12.1. The normalized spacial score (nSPS) is 16.9. The summed E-state index contributed by atoms with van der Waals surface area (Å²) in [6, 6.07) is 6.14. The molecule has 0 spiro atoms. The van der Waals surface area contributed by atoms with Crippen LogP contribution in [-0.2, 0) is 6.54 Å². The Kier molecular flexibility index (Phi) is 5.91. The number of rotatable bonds is 6. The van der Waals surface area contributed by atoms with E-state index in [2.05, 4.69) is 10.1 Å². The van der Waals surface area contributed by atoms with Crippen molar-refractivity contribution in [2.45, 2.75) is 51.4 Å². The summed E-state index contributed by atoms with van der Waals surface area (Å²) in [7, 11) is 0. The molecule has 0 heterocycles. The fraction of sp³-hybridized carbons (Fsp3) is 0.625. The minimum Gasteiger partial charge on any atom is -0.406 e. The molecular weight excluding hydrogens is 279 g/mol. The Morgan fingerprint density at radius 3 is 2.62 bits per heavy atom. The van der Waals surface area contributed by atoms with Gasteiger partial charge in [0.05, 0.1) is 0 Å². The number of alkyl halides is 3. The molecule has 0 amide bonds. The van der Waals surface area contributed by atoms with Gasteiger partial charge in [-0.25, -0.2) is 0 Å². The second kappa shape index (κ2) is 7.69. The monoisotopic (exact) mass is 301 g/mol. The van der Waals surface area contributed by atoms with Crippen LogP contribution in [0, 0.1) is 5.92 Å². The molecular formula is C16H22F3NO. The van der Waals surface area contributed by atoms with E-state index in [1.807, 2.05) is 0 Å². The van der Waals surface area contributed by atoms with E-state index in [0.29, 0.717) is 6.54 Å². The zero-order valence-corrected chi connectivity index (χ0v) is 12.1. The van der Waals surface area contributed by atoms with Crippen LogP contribution in [0.2, 0.25) is 0 Å². The van der Waals surface area contributed by atoms with Crippen LogP contribution in [0.5, 0.6) is 5.75 Å². The number of hydrogen-bond donors (Lipinski definition) is 1. The third-order valence-electron chi connectivity index (χ3n) is 3.92. The molecule has 0 aromatic heterocycles. The van der Waals surface area contributed by atoms with E-state index >= 15 is 0 Å². The first-order chi connectivity index (χ1) is 10.0. The van der Waals surface area contributed by atoms with Crippen LogP contribution in [-0.4, -0.2) is 12.9 Å². The molecule has 1 aromatic carbocycles. The molecule has 0 radical (unpaired) electrons. The first-order valence-corrected chi connectivity index (χ1v) is 7.58. The lowest BCUT2D eigenvalue weighted by Crippen LogP contribution is -2.19. The molecule has 0 unspecified atom stereocenters. The van der Waals surface area contributed by atoms with Crippen LogP contribution in [0.15, 0.2) is 24.3 Å². The van der Waals surface area contributed by atoms with Crippen molar-refractivity contribution in [3.05, 3.63) is 29.8 Å². The average Bonchev–Trinajstić information content (AvgIpc) is 2.43. The SMILES string of the molecule is FC(F)(F)Oc1cccc(CNCCC2CCCCC2)c1. The number of benzene rings is 1. The first kappa shape index (κ1) is 16.1. The molecule has 1 aromatic rings. The van der Waals surface area contributed by atoms with E-state index in [0.717, 1.165) is 24.4 Å². The summed E-state index contributed by atoms with van der Waals surface area (Å²) >= 11 is 0. The topological polar surface area (TPSA) is 21.3 Å². The van der Waals surface area contributed by atoms with Gasteiger partial charge in [-0.1, -0.05) is 44.2 Å². The van der Waals surface area contributed by atoms with Gasteiger partial charge >= 0.3 is 6.36 Å². The van der Waals surface area contributed by atoms with E-state index in [1.165, 1.54) is 44.2 Å². The van der Waals surface area contributed by atoms with Gasteiger partial charge in [0.25, 0.3) is 0 Å². The van der Waals surface area contributed by atoms with E-state index in [9.17, 15) is 13.2 Å². The van der Waals surface area contributed by atoms with Gasteiger partial charge in [0, 0.05) is 6.54 Å². The molecule has 0 saturated heterocycles. The van der Waals surface area contributed by atoms with E-state index in [-0.39, 0.29) is 5.75 Å². The molecule has 1 aliphatic carbocycles. The van der Waals surface area contributed by atoms with Crippen molar-refractivity contribution in [2.24, 2.45) is 5.92 Å². The van der Waals surface area contributed by atoms with Crippen LogP contribution < -0.4 is 10.1 Å². The van der Waals surface area contributed by atoms with E-state index in [1.54, 1.807) is 12.1 Å². The van der Waals surface area contributed by atoms with Gasteiger partial charge in [-0.2, -0.15) is 0 Å². The highest BCUT2D eigenvalue weighted by Gasteiger charge is 2.31. The van der Waals surface area contributed by atoms with Crippen molar-refractivity contribution < 1.29 is 17.9 Å². The van der Waals surface area contributed by atoms with Gasteiger partial charge < -0.3 is 10.1 Å². The highest BCUT2D eigenvalue weighted by molar-refractivity contribution is 5.28. The summed E-state index contributed by atoms with van der Waals surface area (Å²) in [5.41, 5.74) is 0.806. The van der Waals surface area contributed by atoms with Crippen molar-refractivity contribution in [2.75, 3.05) is 6.54 Å². The third kappa shape index (κ3) is 6.38. The predicted molar refractivity (Wildman–Crippen MR) is 76.0 cm³/mol. The van der Waals surface area contributed by atoms with Crippen LogP contribution in [0.3, 0.4) is 0 Å². The Hall–Kier alpha value is -1.23. The Balaban J connectivity index is 1.71. The lowest BCUT2D eigenvalue weighted by Gasteiger charge is -2.21. The van der Waals surface area contributed by atoms with Crippen LogP contribution in [0.25, 0.3) is 0 Å². The van der Waals surface area contributed by atoms with Gasteiger partial charge in [-0.3, -0.25) is 0 Å². The Morgan fingerprint density at radius 2 is 1.90 bits per heavy atom. The molecule has 1 N–H and O–H groups in total. The quantitative estimate of drug-likeness (QED) is 0.773. The fourth-order valence-electron chi connectivity index (χ4n) is 2.87. The maximum atomic E-state index is 12.1. The third-order valence-corrected chi connectivity index (χ3v) is 3.92. The van der Waals surface area contributed by atoms with Gasteiger partial charge in [0.15, 0.2) is 0 Å². The van der Waals surface area contributed by atoms with Gasteiger partial charge in [0.1, 0.15) is 5.75 Å². The van der Waals surface area contributed by atoms with Gasteiger partial charge in [0.2, 0.25) is 0 Å². The minimum atomic E-state index is -4.63. The summed E-state index contributed by atoms with van der Waals surface area (Å²) in [6.07, 6.45) is 3.18. The molecule has 0 bridgehead atoms. The molecule has 0 aliphatic heterocycles. The molecule has 21 heavy (non-hydrogen) atoms. The molecule has 2 rings (SSSR count). The summed E-state index contributed by atoms with van der Waals surface area (Å²) < 4.78 is 40.4. The zero-order chi connectivity index (χ0) is 15.1. The Morgan fingerprint density at radius 1 is 1.14 bits per heavy atom. The fourth-order valence-corrected chi connectivity index (χ4v) is 2.87. The first-order valence-electron chi connectivity index (χ1n) is 7.58. The molecule has 2 nitrogen and oxygen atoms in total. The Bertz CT molecular complexity index is 428. The molecule has 1 saturated carbocycles. The molecule has 1 fully saturated rings. The minimum absolute atomic E-state index is 0.158. The van der Waals surface area contributed by atoms with Crippen LogP contribution >= 0.6 is 0 Å². The predicted octanol–water partition coefficient (Wildman–Crippen LogP) is 4.65. The number of ether oxygens (including phenoxy) is 1. The second-order valence-electron chi connectivity index (χ2n) is 5.66. The van der Waals surface area contributed by atoms with Crippen molar-refractivity contribution >= 4 is 0 Å². The van der Waals surface area contributed by atoms with E-state index in [4.69, 9.17) is 0 Å². The largest absolute Gasteiger partial charge is 0.573 e. The van der Waals surface area contributed by atoms with Crippen molar-refractivity contribution in [1.29, 1.82) is 0 Å². The summed E-state index contributed by atoms with van der Waals surface area (Å²) in [5, 5.41) is 3.30. The van der Waals surface area contributed by atoms with Crippen molar-refractivity contribution in [3.8, 4) is 5.75 Å². The summed E-state index contributed by atoms with van der Waals surface area (Å²) in [4.78, 5) is 0. The summed E-state index contributed by atoms with van der Waals surface area (Å²) in [5.74, 6) is 0.653. The molecule has 118 valence electrons. The maximum Gasteiger partial charge on any atom is 0.573 e. The second-order valence-corrected chi connectivity index (χ2v) is 5.66. The van der Waals surface area contributed by atoms with Crippen molar-refractivity contribution in [3.63, 3.8) is 0 Å². The smallest absolute Gasteiger partial charge is 0.406 e. The van der Waals surface area contributed by atoms with Crippen LogP contribution in [0.4, 0.5) is 13.2 Å². The average molecular weight is 301 g/mol. The molecule has 1 aliphatic rings. The highest BCUT2D eigenvalue weighted by atomic mass is 19.4. The van der Waals surface area contributed by atoms with Crippen LogP contribution in [0.1, 0.15) is 44.1 Å². The maximum absolute atomic E-state index is 12.1. The standard InChI is InChI=1S/C16H22F3NO/c17-16(18,19)21-15-8-4-7-14(11-15)12-20-10-9-13-5-2-1-3-6-13/h4,7-8,11,13,20H,1-3,5-6,9-10,12H2. The highest BCUT2D eigenvalue weighted by Crippen LogP contribution is 2.26. The number of nitrogens with one attached hydrogen (secondary N) is 1. The van der Waals surface area contributed by atoms with E-state index < -0.39 is 6.36 Å². The molecule has 5 heteroatoms. The number of halogens is 3. The molecule has 0 atom stereocenters. The lowest BCUT2D eigenvalue weighted by atomic mass is 9.87. The van der Waals surface area contributed by atoms with Crippen molar-refractivity contribution in [1.82, 2.24) is 5.32 Å². The lowest BCUT2D eigenvalue weighted by molar-refractivity contribution is -0.274. The number of hydrogen-bond acceptors (Lipinski definition) is 2.